The molecule has 5 nitrogen and oxygen atoms in total. The summed E-state index contributed by atoms with van der Waals surface area (Å²) in [5, 5.41) is 13.9. The third-order valence-electron chi connectivity index (χ3n) is 2.45. The summed E-state index contributed by atoms with van der Waals surface area (Å²) in [6, 6.07) is 6.20. The first kappa shape index (κ1) is 15.9. The summed E-state index contributed by atoms with van der Waals surface area (Å²) >= 11 is 0. The van der Waals surface area contributed by atoms with Gasteiger partial charge in [-0.15, -0.1) is 0 Å². The van der Waals surface area contributed by atoms with Gasteiger partial charge in [0.05, 0.1) is 6.07 Å². The van der Waals surface area contributed by atoms with Crippen molar-refractivity contribution in [1.29, 1.82) is 5.26 Å². The Morgan fingerprint density at radius 1 is 1.50 bits per heavy atom. The number of halogens is 1. The number of carbonyl (C=O) groups is 1. The van der Waals surface area contributed by atoms with E-state index in [0.29, 0.717) is 17.9 Å². The Balaban J connectivity index is 2.64. The highest BCUT2D eigenvalue weighted by molar-refractivity contribution is 5.77. The van der Waals surface area contributed by atoms with Gasteiger partial charge in [-0.1, -0.05) is 13.8 Å². The Morgan fingerprint density at radius 2 is 2.25 bits per heavy atom. The largest absolute Gasteiger partial charge is 0.483 e. The van der Waals surface area contributed by atoms with Gasteiger partial charge in [0.2, 0.25) is 0 Å². The van der Waals surface area contributed by atoms with E-state index in [1.807, 2.05) is 13.8 Å². The van der Waals surface area contributed by atoms with Crippen LogP contribution in [0, 0.1) is 17.1 Å². The van der Waals surface area contributed by atoms with Crippen LogP contribution in [0.4, 0.5) is 4.39 Å². The van der Waals surface area contributed by atoms with Crippen molar-refractivity contribution in [2.45, 2.75) is 26.4 Å². The Morgan fingerprint density at radius 3 is 2.90 bits per heavy atom. The topological polar surface area (TPSA) is 74.2 Å². The van der Waals surface area contributed by atoms with Crippen LogP contribution in [-0.4, -0.2) is 25.1 Å². The maximum Gasteiger partial charge on any atom is 0.258 e. The minimum Gasteiger partial charge on any atom is -0.483 e. The van der Waals surface area contributed by atoms with Crippen molar-refractivity contribution in [2.75, 3.05) is 13.2 Å². The van der Waals surface area contributed by atoms with E-state index in [2.05, 4.69) is 10.6 Å². The van der Waals surface area contributed by atoms with E-state index in [9.17, 15) is 9.18 Å². The van der Waals surface area contributed by atoms with Crippen LogP contribution in [-0.2, 0) is 11.3 Å². The van der Waals surface area contributed by atoms with E-state index in [0.717, 1.165) is 0 Å². The molecule has 0 radical (unpaired) electrons. The normalized spacial score (nSPS) is 10.2. The zero-order valence-corrected chi connectivity index (χ0v) is 11.6. The lowest BCUT2D eigenvalue weighted by Crippen LogP contribution is -2.29. The highest BCUT2D eigenvalue weighted by Crippen LogP contribution is 2.19. The van der Waals surface area contributed by atoms with Crippen molar-refractivity contribution in [1.82, 2.24) is 10.6 Å². The Hall–Kier alpha value is -2.13. The van der Waals surface area contributed by atoms with Crippen LogP contribution < -0.4 is 15.4 Å². The molecule has 2 N–H and O–H groups in total. The molecule has 6 heteroatoms. The molecule has 108 valence electrons. The zero-order valence-electron chi connectivity index (χ0n) is 11.6. The molecule has 20 heavy (non-hydrogen) atoms. The van der Waals surface area contributed by atoms with Crippen LogP contribution in [0.15, 0.2) is 18.2 Å². The number of hydrogen-bond acceptors (Lipinski definition) is 4. The molecular formula is C14H18FN3O2. The zero-order chi connectivity index (χ0) is 15.0. The third-order valence-corrected chi connectivity index (χ3v) is 2.45. The van der Waals surface area contributed by atoms with Crippen LogP contribution in [0.1, 0.15) is 19.4 Å². The molecule has 0 aromatic heterocycles. The van der Waals surface area contributed by atoms with Gasteiger partial charge in [0.15, 0.2) is 6.61 Å². The molecule has 0 saturated carbocycles. The number of rotatable bonds is 7. The Kier molecular flexibility index (Phi) is 6.47. The van der Waals surface area contributed by atoms with Crippen LogP contribution in [0.2, 0.25) is 0 Å². The molecular weight excluding hydrogens is 261 g/mol. The first-order valence-corrected chi connectivity index (χ1v) is 6.31. The molecule has 0 fully saturated rings. The number of nitrogens with one attached hydrogen (secondary N) is 2. The van der Waals surface area contributed by atoms with Crippen molar-refractivity contribution in [3.8, 4) is 11.8 Å². The summed E-state index contributed by atoms with van der Waals surface area (Å²) in [5.74, 6) is -0.294. The standard InChI is InChI=1S/C14H18FN3O2/c1-10(2)18-8-11-7-12(15)3-4-13(11)20-9-14(19)17-6-5-16/h3-4,7,10,18H,6,8-9H2,1-2H3,(H,17,19). The highest BCUT2D eigenvalue weighted by Gasteiger charge is 2.08. The molecule has 1 aromatic rings. The van der Waals surface area contributed by atoms with Gasteiger partial charge >= 0.3 is 0 Å². The molecule has 0 aliphatic carbocycles. The molecule has 1 rings (SSSR count). The molecule has 0 aliphatic heterocycles. The average Bonchev–Trinajstić information content (AvgIpc) is 2.41. The van der Waals surface area contributed by atoms with E-state index >= 15 is 0 Å². The minimum atomic E-state index is -0.390. The number of ether oxygens (including phenoxy) is 1. The fraction of sp³-hybridized carbons (Fsp3) is 0.429. The SMILES string of the molecule is CC(C)NCc1cc(F)ccc1OCC(=O)NCC#N. The molecule has 0 spiro atoms. The molecule has 0 aliphatic rings. The number of hydrogen-bond donors (Lipinski definition) is 2. The van der Waals surface area contributed by atoms with Gasteiger partial charge in [0.25, 0.3) is 5.91 Å². The summed E-state index contributed by atoms with van der Waals surface area (Å²) in [4.78, 5) is 11.3. The summed E-state index contributed by atoms with van der Waals surface area (Å²) in [7, 11) is 0. The van der Waals surface area contributed by atoms with E-state index in [4.69, 9.17) is 10.00 Å². The first-order valence-electron chi connectivity index (χ1n) is 6.31. The van der Waals surface area contributed by atoms with Crippen molar-refractivity contribution >= 4 is 5.91 Å². The summed E-state index contributed by atoms with van der Waals surface area (Å²) in [6.07, 6.45) is 0. The molecule has 0 saturated heterocycles. The number of carbonyl (C=O) groups excluding carboxylic acids is 1. The third kappa shape index (κ3) is 5.67. The first-order chi connectivity index (χ1) is 9.52. The average molecular weight is 279 g/mol. The van der Waals surface area contributed by atoms with E-state index < -0.39 is 5.91 Å². The van der Waals surface area contributed by atoms with Gasteiger partial charge in [-0.25, -0.2) is 4.39 Å². The Bertz CT molecular complexity index is 498. The van der Waals surface area contributed by atoms with Crippen LogP contribution >= 0.6 is 0 Å². The fourth-order valence-electron chi connectivity index (χ4n) is 1.47. The molecule has 0 unspecified atom stereocenters. The smallest absolute Gasteiger partial charge is 0.258 e. The fourth-order valence-corrected chi connectivity index (χ4v) is 1.47. The molecule has 1 aromatic carbocycles. The van der Waals surface area contributed by atoms with Gasteiger partial charge in [0.1, 0.15) is 18.1 Å². The second-order valence-electron chi connectivity index (χ2n) is 4.51. The number of benzene rings is 1. The maximum atomic E-state index is 13.2. The van der Waals surface area contributed by atoms with Gasteiger partial charge in [0, 0.05) is 18.2 Å². The van der Waals surface area contributed by atoms with E-state index in [1.54, 1.807) is 6.07 Å². The van der Waals surface area contributed by atoms with Crippen LogP contribution in [0.5, 0.6) is 5.75 Å². The quantitative estimate of drug-likeness (QED) is 0.739. The lowest BCUT2D eigenvalue weighted by Gasteiger charge is -2.13. The van der Waals surface area contributed by atoms with Gasteiger partial charge in [-0.2, -0.15) is 5.26 Å². The van der Waals surface area contributed by atoms with Gasteiger partial charge < -0.3 is 15.4 Å². The molecule has 1 amide bonds. The van der Waals surface area contributed by atoms with Crippen molar-refractivity contribution in [3.63, 3.8) is 0 Å². The maximum absolute atomic E-state index is 13.2. The second-order valence-corrected chi connectivity index (χ2v) is 4.51. The predicted octanol–water partition coefficient (Wildman–Crippen LogP) is 1.34. The highest BCUT2D eigenvalue weighted by atomic mass is 19.1. The number of nitriles is 1. The summed E-state index contributed by atoms with van der Waals surface area (Å²) in [5.41, 5.74) is 0.645. The molecule has 0 bridgehead atoms. The van der Waals surface area contributed by atoms with Crippen LogP contribution in [0.3, 0.4) is 0 Å². The number of nitrogens with zero attached hydrogens (tertiary/aromatic N) is 1. The van der Waals surface area contributed by atoms with Crippen LogP contribution in [0.25, 0.3) is 0 Å². The monoisotopic (exact) mass is 279 g/mol. The van der Waals surface area contributed by atoms with E-state index in [-0.39, 0.29) is 25.0 Å². The van der Waals surface area contributed by atoms with Crippen molar-refractivity contribution in [3.05, 3.63) is 29.6 Å². The predicted molar refractivity (Wildman–Crippen MR) is 72.5 cm³/mol. The second kappa shape index (κ2) is 8.12. The van der Waals surface area contributed by atoms with Crippen molar-refractivity contribution in [2.24, 2.45) is 0 Å². The van der Waals surface area contributed by atoms with Gasteiger partial charge in [-0.3, -0.25) is 4.79 Å². The Labute approximate surface area is 117 Å². The molecule has 0 atom stereocenters. The minimum absolute atomic E-state index is 0.0621. The number of amides is 1. The lowest BCUT2D eigenvalue weighted by molar-refractivity contribution is -0.122. The van der Waals surface area contributed by atoms with Gasteiger partial charge in [-0.05, 0) is 18.2 Å². The summed E-state index contributed by atoms with van der Waals surface area (Å²) < 4.78 is 18.6. The van der Waals surface area contributed by atoms with E-state index in [1.165, 1.54) is 18.2 Å². The molecule has 0 heterocycles. The summed E-state index contributed by atoms with van der Waals surface area (Å²) in [6.45, 7) is 4.14. The lowest BCUT2D eigenvalue weighted by atomic mass is 10.2. The van der Waals surface area contributed by atoms with Crippen molar-refractivity contribution < 1.29 is 13.9 Å².